The molecule has 1 fully saturated rings. The lowest BCUT2D eigenvalue weighted by Crippen LogP contribution is -2.27. The zero-order valence-electron chi connectivity index (χ0n) is 11.6. The maximum absolute atomic E-state index is 13.9. The smallest absolute Gasteiger partial charge is 0.144 e. The van der Waals surface area contributed by atoms with Gasteiger partial charge in [-0.2, -0.15) is 5.26 Å². The third-order valence-corrected chi connectivity index (χ3v) is 4.07. The Balaban J connectivity index is 1.77. The van der Waals surface area contributed by atoms with Crippen molar-refractivity contribution in [2.75, 3.05) is 23.3 Å². The fourth-order valence-corrected chi connectivity index (χ4v) is 3.02. The average Bonchev–Trinajstić information content (AvgIpc) is 2.96. The van der Waals surface area contributed by atoms with E-state index in [-0.39, 0.29) is 11.6 Å². The summed E-state index contributed by atoms with van der Waals surface area (Å²) in [5, 5.41) is 12.5. The molecule has 1 unspecified atom stereocenters. The first-order chi connectivity index (χ1) is 10.7. The van der Waals surface area contributed by atoms with E-state index in [1.165, 1.54) is 12.4 Å². The Bertz CT molecular complexity index is 716. The molecule has 0 amide bonds. The van der Waals surface area contributed by atoms with Crippen LogP contribution in [0.15, 0.2) is 35.2 Å². The Labute approximate surface area is 135 Å². The van der Waals surface area contributed by atoms with E-state index in [2.05, 4.69) is 31.2 Å². The number of nitriles is 1. The minimum Gasteiger partial charge on any atom is -0.368 e. The maximum Gasteiger partial charge on any atom is 0.144 e. The second-order valence-electron chi connectivity index (χ2n) is 5.06. The van der Waals surface area contributed by atoms with Crippen LogP contribution in [-0.4, -0.2) is 29.1 Å². The summed E-state index contributed by atoms with van der Waals surface area (Å²) in [6.07, 6.45) is 4.06. The third-order valence-electron chi connectivity index (χ3n) is 3.61. The minimum atomic E-state index is -0.501. The Hall–Kier alpha value is -2.20. The summed E-state index contributed by atoms with van der Waals surface area (Å²) in [5.74, 6) is 0.266. The van der Waals surface area contributed by atoms with Crippen LogP contribution in [0, 0.1) is 17.1 Å². The van der Waals surface area contributed by atoms with Crippen LogP contribution >= 0.6 is 15.9 Å². The highest BCUT2D eigenvalue weighted by atomic mass is 79.9. The molecule has 0 radical (unpaired) electrons. The van der Waals surface area contributed by atoms with Crippen molar-refractivity contribution in [1.29, 1.82) is 5.26 Å². The molecule has 0 saturated carbocycles. The third kappa shape index (κ3) is 3.02. The van der Waals surface area contributed by atoms with Crippen molar-refractivity contribution in [2.24, 2.45) is 0 Å². The van der Waals surface area contributed by atoms with Gasteiger partial charge < -0.3 is 10.2 Å². The first-order valence-electron chi connectivity index (χ1n) is 6.84. The second kappa shape index (κ2) is 6.28. The normalized spacial score (nSPS) is 17.3. The molecule has 1 atom stereocenters. The minimum absolute atomic E-state index is 0.0888. The number of hydrogen-bond acceptors (Lipinski definition) is 5. The highest BCUT2D eigenvalue weighted by Gasteiger charge is 2.26. The van der Waals surface area contributed by atoms with Crippen molar-refractivity contribution >= 4 is 27.4 Å². The highest BCUT2D eigenvalue weighted by molar-refractivity contribution is 9.10. The van der Waals surface area contributed by atoms with Gasteiger partial charge in [0.15, 0.2) is 0 Å². The van der Waals surface area contributed by atoms with Crippen molar-refractivity contribution in [3.63, 3.8) is 0 Å². The fraction of sp³-hybridized carbons (Fsp3) is 0.267. The van der Waals surface area contributed by atoms with Gasteiger partial charge in [-0.1, -0.05) is 15.9 Å². The van der Waals surface area contributed by atoms with Gasteiger partial charge in [-0.3, -0.25) is 0 Å². The Morgan fingerprint density at radius 1 is 1.45 bits per heavy atom. The van der Waals surface area contributed by atoms with E-state index in [1.54, 1.807) is 12.3 Å². The van der Waals surface area contributed by atoms with Crippen LogP contribution in [0.2, 0.25) is 0 Å². The van der Waals surface area contributed by atoms with E-state index >= 15 is 0 Å². The molecule has 5 nitrogen and oxygen atoms in total. The lowest BCUT2D eigenvalue weighted by atomic mass is 10.1. The van der Waals surface area contributed by atoms with Gasteiger partial charge >= 0.3 is 0 Å². The van der Waals surface area contributed by atoms with Crippen LogP contribution in [0.1, 0.15) is 12.0 Å². The first kappa shape index (κ1) is 14.7. The molecule has 0 bridgehead atoms. The van der Waals surface area contributed by atoms with E-state index in [0.717, 1.165) is 18.8 Å². The predicted octanol–water partition coefficient (Wildman–Crippen LogP) is 2.94. The summed E-state index contributed by atoms with van der Waals surface area (Å²) >= 11 is 3.28. The quantitative estimate of drug-likeness (QED) is 0.910. The number of rotatable bonds is 3. The largest absolute Gasteiger partial charge is 0.368 e. The summed E-state index contributed by atoms with van der Waals surface area (Å²) in [7, 11) is 0. The lowest BCUT2D eigenvalue weighted by molar-refractivity contribution is 0.622. The van der Waals surface area contributed by atoms with E-state index in [0.29, 0.717) is 16.7 Å². The molecule has 2 aromatic rings. The second-order valence-corrected chi connectivity index (χ2v) is 5.98. The molecule has 1 saturated heterocycles. The first-order valence-corrected chi connectivity index (χ1v) is 7.63. The van der Waals surface area contributed by atoms with Gasteiger partial charge in [-0.05, 0) is 24.6 Å². The number of anilines is 2. The molecule has 1 aromatic heterocycles. The van der Waals surface area contributed by atoms with Crippen LogP contribution in [0.4, 0.5) is 15.9 Å². The number of halogens is 2. The summed E-state index contributed by atoms with van der Waals surface area (Å²) in [6, 6.07) is 7.06. The summed E-state index contributed by atoms with van der Waals surface area (Å²) in [5.41, 5.74) is 0.715. The molecule has 22 heavy (non-hydrogen) atoms. The van der Waals surface area contributed by atoms with Crippen LogP contribution < -0.4 is 10.2 Å². The molecule has 112 valence electrons. The summed E-state index contributed by atoms with van der Waals surface area (Å²) in [4.78, 5) is 10.0. The molecule has 1 aromatic carbocycles. The van der Waals surface area contributed by atoms with Crippen LogP contribution in [0.25, 0.3) is 0 Å². The zero-order chi connectivity index (χ0) is 15.5. The van der Waals surface area contributed by atoms with Crippen LogP contribution in [-0.2, 0) is 0 Å². The number of nitrogens with one attached hydrogen (secondary N) is 1. The van der Waals surface area contributed by atoms with Crippen LogP contribution in [0.3, 0.4) is 0 Å². The van der Waals surface area contributed by atoms with E-state index in [9.17, 15) is 9.65 Å². The van der Waals surface area contributed by atoms with E-state index in [1.807, 2.05) is 17.0 Å². The number of nitrogens with zero attached hydrogens (tertiary/aromatic N) is 4. The van der Waals surface area contributed by atoms with Crippen LogP contribution in [0.5, 0.6) is 0 Å². The molecule has 1 aliphatic rings. The Morgan fingerprint density at radius 3 is 3.05 bits per heavy atom. The van der Waals surface area contributed by atoms with Gasteiger partial charge in [0.25, 0.3) is 0 Å². The monoisotopic (exact) mass is 361 g/mol. The molecular formula is C15H13BrFN5. The van der Waals surface area contributed by atoms with Gasteiger partial charge in [0, 0.05) is 29.8 Å². The highest BCUT2D eigenvalue weighted by Crippen LogP contribution is 2.30. The van der Waals surface area contributed by atoms with Crippen molar-refractivity contribution in [2.45, 2.75) is 12.5 Å². The maximum atomic E-state index is 13.9. The SMILES string of the molecule is N#Cc1c(F)cc(Br)cc1N1CCC(Nc2ccncn2)C1. The van der Waals surface area contributed by atoms with Gasteiger partial charge in [-0.15, -0.1) is 0 Å². The molecular weight excluding hydrogens is 349 g/mol. The molecule has 2 heterocycles. The standard InChI is InChI=1S/C15H13BrFN5/c16-10-5-13(17)12(7-18)14(6-10)22-4-2-11(8-22)21-15-1-3-19-9-20-15/h1,3,5-6,9,11H,2,4,8H2,(H,19,20,21). The lowest BCUT2D eigenvalue weighted by Gasteiger charge is -2.21. The molecule has 1 aliphatic heterocycles. The Morgan fingerprint density at radius 2 is 2.32 bits per heavy atom. The van der Waals surface area contributed by atoms with Crippen molar-refractivity contribution in [3.05, 3.63) is 46.6 Å². The van der Waals surface area contributed by atoms with Crippen molar-refractivity contribution < 1.29 is 4.39 Å². The Kier molecular flexibility index (Phi) is 4.20. The van der Waals surface area contributed by atoms with E-state index in [4.69, 9.17) is 0 Å². The van der Waals surface area contributed by atoms with E-state index < -0.39 is 5.82 Å². The van der Waals surface area contributed by atoms with Gasteiger partial charge in [-0.25, -0.2) is 14.4 Å². The molecule has 1 N–H and O–H groups in total. The number of hydrogen-bond donors (Lipinski definition) is 1. The zero-order valence-corrected chi connectivity index (χ0v) is 13.2. The molecule has 0 spiro atoms. The van der Waals surface area contributed by atoms with Gasteiger partial charge in [0.2, 0.25) is 0 Å². The van der Waals surface area contributed by atoms with Crippen molar-refractivity contribution in [3.8, 4) is 6.07 Å². The fourth-order valence-electron chi connectivity index (χ4n) is 2.60. The van der Waals surface area contributed by atoms with Gasteiger partial charge in [0.1, 0.15) is 29.6 Å². The average molecular weight is 362 g/mol. The molecule has 0 aliphatic carbocycles. The van der Waals surface area contributed by atoms with Gasteiger partial charge in [0.05, 0.1) is 5.69 Å². The molecule has 3 rings (SSSR count). The molecule has 7 heteroatoms. The summed E-state index contributed by atoms with van der Waals surface area (Å²) in [6.45, 7) is 1.45. The predicted molar refractivity (Wildman–Crippen MR) is 85.1 cm³/mol. The summed E-state index contributed by atoms with van der Waals surface area (Å²) < 4.78 is 14.5. The number of aromatic nitrogens is 2. The van der Waals surface area contributed by atoms with Crippen molar-refractivity contribution in [1.82, 2.24) is 9.97 Å². The number of benzene rings is 1. The topological polar surface area (TPSA) is 64.8 Å².